The van der Waals surface area contributed by atoms with Crippen molar-refractivity contribution in [2.45, 2.75) is 70.9 Å². The van der Waals surface area contributed by atoms with Crippen molar-refractivity contribution < 1.29 is 17.9 Å². The number of aryl methyl sites for hydroxylation is 1. The maximum atomic E-state index is 13.0. The lowest BCUT2D eigenvalue weighted by Crippen LogP contribution is -2.41. The first-order valence-electron chi connectivity index (χ1n) is 11.2. The van der Waals surface area contributed by atoms with E-state index in [9.17, 15) is 13.2 Å². The van der Waals surface area contributed by atoms with E-state index < -0.39 is 9.84 Å². The van der Waals surface area contributed by atoms with Crippen LogP contribution in [0.4, 0.5) is 0 Å². The molecule has 1 aromatic heterocycles. The minimum absolute atomic E-state index is 0.0652. The SMILES string of the molecule is COCCCN(C(=O)/C=C/c1cc(C)n(C2CCCCC2)c1C)C1CCS(=O)(=O)C1. The van der Waals surface area contributed by atoms with Crippen molar-refractivity contribution >= 4 is 21.8 Å². The molecular weight excluding hydrogens is 400 g/mol. The van der Waals surface area contributed by atoms with E-state index >= 15 is 0 Å². The number of nitrogens with zero attached hydrogens (tertiary/aromatic N) is 2. The van der Waals surface area contributed by atoms with Crippen molar-refractivity contribution in [2.24, 2.45) is 0 Å². The molecule has 2 aliphatic rings. The lowest BCUT2D eigenvalue weighted by molar-refractivity contribution is -0.127. The van der Waals surface area contributed by atoms with Crippen molar-refractivity contribution in [3.05, 3.63) is 29.1 Å². The highest BCUT2D eigenvalue weighted by Crippen LogP contribution is 2.32. The van der Waals surface area contributed by atoms with E-state index in [1.807, 2.05) is 6.08 Å². The number of hydrogen-bond acceptors (Lipinski definition) is 4. The second-order valence-corrected chi connectivity index (χ2v) is 11.0. The normalized spacial score (nSPS) is 22.0. The molecule has 1 aliphatic carbocycles. The van der Waals surface area contributed by atoms with Crippen molar-refractivity contribution in [3.8, 4) is 0 Å². The van der Waals surface area contributed by atoms with E-state index in [1.54, 1.807) is 18.1 Å². The molecule has 1 aromatic rings. The van der Waals surface area contributed by atoms with E-state index in [-0.39, 0.29) is 23.5 Å². The zero-order valence-corrected chi connectivity index (χ0v) is 19.4. The van der Waals surface area contributed by atoms with Crippen molar-refractivity contribution in [1.82, 2.24) is 9.47 Å². The monoisotopic (exact) mass is 436 g/mol. The molecule has 2 heterocycles. The summed E-state index contributed by atoms with van der Waals surface area (Å²) in [5.74, 6) is 0.115. The fraction of sp³-hybridized carbons (Fsp3) is 0.696. The van der Waals surface area contributed by atoms with Crippen LogP contribution in [0.25, 0.3) is 6.08 Å². The fourth-order valence-electron chi connectivity index (χ4n) is 5.00. The minimum Gasteiger partial charge on any atom is -0.385 e. The number of carbonyl (C=O) groups is 1. The first kappa shape index (κ1) is 23.1. The Morgan fingerprint density at radius 2 is 1.97 bits per heavy atom. The van der Waals surface area contributed by atoms with Gasteiger partial charge in [0, 0.05) is 49.8 Å². The molecule has 1 saturated heterocycles. The summed E-state index contributed by atoms with van der Waals surface area (Å²) >= 11 is 0. The summed E-state index contributed by atoms with van der Waals surface area (Å²) in [7, 11) is -1.41. The quantitative estimate of drug-likeness (QED) is 0.461. The van der Waals surface area contributed by atoms with Gasteiger partial charge in [-0.25, -0.2) is 8.42 Å². The molecule has 30 heavy (non-hydrogen) atoms. The number of sulfone groups is 1. The molecule has 7 heteroatoms. The summed E-state index contributed by atoms with van der Waals surface area (Å²) in [6, 6.07) is 2.48. The Hall–Kier alpha value is -1.60. The number of hydrogen-bond donors (Lipinski definition) is 0. The van der Waals surface area contributed by atoms with Crippen LogP contribution in [0.1, 0.15) is 67.9 Å². The third kappa shape index (κ3) is 5.55. The Kier molecular flexibility index (Phi) is 7.80. The van der Waals surface area contributed by atoms with Crippen LogP contribution in [-0.4, -0.2) is 61.6 Å². The molecule has 0 N–H and O–H groups in total. The highest BCUT2D eigenvalue weighted by Gasteiger charge is 2.33. The predicted molar refractivity (Wildman–Crippen MR) is 120 cm³/mol. The summed E-state index contributed by atoms with van der Waals surface area (Å²) < 4.78 is 31.4. The minimum atomic E-state index is -3.05. The largest absolute Gasteiger partial charge is 0.385 e. The van der Waals surface area contributed by atoms with Gasteiger partial charge in [-0.15, -0.1) is 0 Å². The molecule has 1 atom stereocenters. The molecule has 0 radical (unpaired) electrons. The van der Waals surface area contributed by atoms with Gasteiger partial charge in [0.05, 0.1) is 11.5 Å². The molecule has 0 aromatic carbocycles. The van der Waals surface area contributed by atoms with Gasteiger partial charge in [0.15, 0.2) is 9.84 Å². The maximum absolute atomic E-state index is 13.0. The molecule has 3 rings (SSSR count). The molecule has 2 fully saturated rings. The molecule has 1 unspecified atom stereocenters. The number of carbonyl (C=O) groups excluding carboxylic acids is 1. The topological polar surface area (TPSA) is 68.6 Å². The van der Waals surface area contributed by atoms with E-state index in [4.69, 9.17) is 4.74 Å². The van der Waals surface area contributed by atoms with E-state index in [0.717, 1.165) is 5.56 Å². The highest BCUT2D eigenvalue weighted by atomic mass is 32.2. The smallest absolute Gasteiger partial charge is 0.246 e. The number of amides is 1. The Labute approximate surface area is 181 Å². The Bertz CT molecular complexity index is 866. The van der Waals surface area contributed by atoms with Gasteiger partial charge in [0.1, 0.15) is 0 Å². The number of ether oxygens (including phenoxy) is 1. The third-order valence-electron chi connectivity index (χ3n) is 6.55. The van der Waals surface area contributed by atoms with Crippen molar-refractivity contribution in [3.63, 3.8) is 0 Å². The zero-order chi connectivity index (χ0) is 21.7. The first-order chi connectivity index (χ1) is 14.3. The number of aromatic nitrogens is 1. The molecule has 0 spiro atoms. The van der Waals surface area contributed by atoms with Crippen LogP contribution in [-0.2, 0) is 19.4 Å². The summed E-state index contributed by atoms with van der Waals surface area (Å²) in [5, 5.41) is 0. The van der Waals surface area contributed by atoms with Gasteiger partial charge in [0.25, 0.3) is 0 Å². The summed E-state index contributed by atoms with van der Waals surface area (Å²) in [4.78, 5) is 14.7. The standard InChI is InChI=1S/C23H36N2O4S/c1-18-16-20(19(2)25(18)21-8-5-4-6-9-21)10-11-23(26)24(13-7-14-29-3)22-12-15-30(27,28)17-22/h10-11,16,21-22H,4-9,12-15,17H2,1-3H3/b11-10+. The zero-order valence-electron chi connectivity index (χ0n) is 18.6. The average molecular weight is 437 g/mol. The molecule has 6 nitrogen and oxygen atoms in total. The van der Waals surface area contributed by atoms with Gasteiger partial charge in [-0.1, -0.05) is 19.3 Å². The lowest BCUT2D eigenvalue weighted by atomic mass is 9.95. The second-order valence-electron chi connectivity index (χ2n) is 8.76. The molecule has 1 aliphatic heterocycles. The van der Waals surface area contributed by atoms with E-state index in [1.165, 1.54) is 43.5 Å². The van der Waals surface area contributed by atoms with Crippen LogP contribution < -0.4 is 0 Å². The molecule has 168 valence electrons. The lowest BCUT2D eigenvalue weighted by Gasteiger charge is -2.27. The van der Waals surface area contributed by atoms with Gasteiger partial charge in [-0.05, 0) is 57.2 Å². The van der Waals surface area contributed by atoms with Crippen LogP contribution >= 0.6 is 0 Å². The summed E-state index contributed by atoms with van der Waals surface area (Å²) in [6.45, 7) is 5.33. The van der Waals surface area contributed by atoms with Crippen LogP contribution in [0, 0.1) is 13.8 Å². The van der Waals surface area contributed by atoms with Crippen LogP contribution in [0.5, 0.6) is 0 Å². The maximum Gasteiger partial charge on any atom is 0.246 e. The molecule has 1 amide bonds. The second kappa shape index (κ2) is 10.1. The van der Waals surface area contributed by atoms with Crippen LogP contribution in [0.15, 0.2) is 12.1 Å². The average Bonchev–Trinajstić information content (AvgIpc) is 3.22. The van der Waals surface area contributed by atoms with E-state index in [0.29, 0.717) is 32.0 Å². The van der Waals surface area contributed by atoms with Crippen LogP contribution in [0.2, 0.25) is 0 Å². The Balaban J connectivity index is 1.74. The molecule has 0 bridgehead atoms. The van der Waals surface area contributed by atoms with Crippen molar-refractivity contribution in [2.75, 3.05) is 31.8 Å². The molecule has 1 saturated carbocycles. The van der Waals surface area contributed by atoms with Gasteiger partial charge in [-0.2, -0.15) is 0 Å². The van der Waals surface area contributed by atoms with Gasteiger partial charge < -0.3 is 14.2 Å². The van der Waals surface area contributed by atoms with Gasteiger partial charge in [-0.3, -0.25) is 4.79 Å². The number of methoxy groups -OCH3 is 1. The first-order valence-corrected chi connectivity index (χ1v) is 13.0. The number of rotatable bonds is 8. The van der Waals surface area contributed by atoms with Gasteiger partial charge in [0.2, 0.25) is 5.91 Å². The van der Waals surface area contributed by atoms with E-state index in [2.05, 4.69) is 24.5 Å². The third-order valence-corrected chi connectivity index (χ3v) is 8.30. The molecular formula is C23H36N2O4S. The summed E-state index contributed by atoms with van der Waals surface area (Å²) in [6.07, 6.45) is 11.1. The Morgan fingerprint density at radius 1 is 1.23 bits per heavy atom. The van der Waals surface area contributed by atoms with Gasteiger partial charge >= 0.3 is 0 Å². The summed E-state index contributed by atoms with van der Waals surface area (Å²) in [5.41, 5.74) is 3.52. The van der Waals surface area contributed by atoms with Crippen LogP contribution in [0.3, 0.4) is 0 Å². The Morgan fingerprint density at radius 3 is 2.60 bits per heavy atom. The van der Waals surface area contributed by atoms with Crippen molar-refractivity contribution in [1.29, 1.82) is 0 Å². The highest BCUT2D eigenvalue weighted by molar-refractivity contribution is 7.91. The fourth-order valence-corrected chi connectivity index (χ4v) is 6.73. The predicted octanol–water partition coefficient (Wildman–Crippen LogP) is 3.68.